The van der Waals surface area contributed by atoms with Crippen molar-refractivity contribution in [2.24, 2.45) is 16.5 Å². The van der Waals surface area contributed by atoms with E-state index in [9.17, 15) is 0 Å². The number of allylic oxidation sites excluding steroid dienone is 1. The van der Waals surface area contributed by atoms with Crippen molar-refractivity contribution >= 4 is 29.5 Å². The van der Waals surface area contributed by atoms with Crippen molar-refractivity contribution in [2.45, 2.75) is 38.1 Å². The number of halogens is 1. The highest BCUT2D eigenvalue weighted by Gasteiger charge is 2.28. The fourth-order valence-electron chi connectivity index (χ4n) is 4.48. The summed E-state index contributed by atoms with van der Waals surface area (Å²) in [7, 11) is 0. The summed E-state index contributed by atoms with van der Waals surface area (Å²) < 4.78 is 0. The maximum Gasteiger partial charge on any atom is 0.211 e. The first-order valence-corrected chi connectivity index (χ1v) is 12.0. The number of nitrogens with one attached hydrogen (secondary N) is 3. The number of rotatable bonds is 8. The second-order valence-electron chi connectivity index (χ2n) is 8.72. The number of hydrazine groups is 1. The topological polar surface area (TPSA) is 119 Å². The molecule has 2 heterocycles. The van der Waals surface area contributed by atoms with Crippen LogP contribution in [0.1, 0.15) is 29.5 Å². The first-order chi connectivity index (χ1) is 16.5. The summed E-state index contributed by atoms with van der Waals surface area (Å²) in [4.78, 5) is 9.27. The molecule has 0 radical (unpaired) electrons. The first-order valence-electron chi connectivity index (χ1n) is 11.7. The summed E-state index contributed by atoms with van der Waals surface area (Å²) in [6.45, 7) is 3.71. The number of piperidine rings is 1. The Hall–Kier alpha value is -2.91. The van der Waals surface area contributed by atoms with Gasteiger partial charge in [-0.3, -0.25) is 16.1 Å². The van der Waals surface area contributed by atoms with Crippen LogP contribution >= 0.6 is 11.6 Å². The van der Waals surface area contributed by atoms with E-state index >= 15 is 0 Å². The molecule has 0 bridgehead atoms. The normalized spacial score (nSPS) is 19.3. The Kier molecular flexibility index (Phi) is 8.18. The molecule has 1 saturated heterocycles. The van der Waals surface area contributed by atoms with E-state index < -0.39 is 0 Å². The fourth-order valence-corrected chi connectivity index (χ4v) is 4.60. The smallest absolute Gasteiger partial charge is 0.211 e. The molecule has 2 aliphatic heterocycles. The van der Waals surface area contributed by atoms with E-state index in [0.29, 0.717) is 11.7 Å². The van der Waals surface area contributed by atoms with Crippen molar-refractivity contribution in [1.82, 2.24) is 20.7 Å². The minimum absolute atomic E-state index is 0.380. The van der Waals surface area contributed by atoms with Gasteiger partial charge in [-0.2, -0.15) is 5.43 Å². The molecule has 4 rings (SSSR count). The van der Waals surface area contributed by atoms with Gasteiger partial charge in [-0.1, -0.05) is 48.0 Å². The second-order valence-corrected chi connectivity index (χ2v) is 9.15. The third-order valence-electron chi connectivity index (χ3n) is 6.41. The van der Waals surface area contributed by atoms with Crippen LogP contribution in [0.4, 0.5) is 0 Å². The number of likely N-dealkylation sites (tertiary alicyclic amines) is 1. The molecule has 0 aromatic heterocycles. The first kappa shape index (κ1) is 24.2. The van der Waals surface area contributed by atoms with Gasteiger partial charge in [0.1, 0.15) is 0 Å². The maximum absolute atomic E-state index is 7.22. The molecule has 1 fully saturated rings. The van der Waals surface area contributed by atoms with Gasteiger partial charge in [-0.25, -0.2) is 4.99 Å². The highest BCUT2D eigenvalue weighted by molar-refractivity contribution is 6.30. The van der Waals surface area contributed by atoms with Gasteiger partial charge in [0.2, 0.25) is 5.96 Å². The van der Waals surface area contributed by atoms with E-state index in [1.807, 2.05) is 24.3 Å². The van der Waals surface area contributed by atoms with Crippen molar-refractivity contribution < 1.29 is 0 Å². The average Bonchev–Trinajstić information content (AvgIpc) is 3.29. The zero-order valence-corrected chi connectivity index (χ0v) is 20.0. The maximum atomic E-state index is 7.22. The molecule has 2 aliphatic rings. The summed E-state index contributed by atoms with van der Waals surface area (Å²) in [5.74, 6) is 0.838. The average molecular weight is 481 g/mol. The minimum Gasteiger partial charge on any atom is -0.398 e. The molecular weight excluding hydrogens is 448 g/mol. The molecule has 0 spiro atoms. The fraction of sp³-hybridized carbons (Fsp3) is 0.360. The molecule has 0 amide bonds. The van der Waals surface area contributed by atoms with Gasteiger partial charge < -0.3 is 16.0 Å². The van der Waals surface area contributed by atoms with E-state index in [0.717, 1.165) is 62.0 Å². The molecular formula is C25H33ClN8. The van der Waals surface area contributed by atoms with Crippen molar-refractivity contribution in [1.29, 1.82) is 5.41 Å². The third kappa shape index (κ3) is 6.36. The van der Waals surface area contributed by atoms with Crippen molar-refractivity contribution in [2.75, 3.05) is 19.6 Å². The highest BCUT2D eigenvalue weighted by Crippen LogP contribution is 2.21. The largest absolute Gasteiger partial charge is 0.398 e. The molecule has 0 aliphatic carbocycles. The summed E-state index contributed by atoms with van der Waals surface area (Å²) in [5.41, 5.74) is 21.9. The van der Waals surface area contributed by atoms with Crippen LogP contribution in [0.2, 0.25) is 5.02 Å². The molecule has 7 N–H and O–H groups in total. The second kappa shape index (κ2) is 11.5. The summed E-state index contributed by atoms with van der Waals surface area (Å²) in [6.07, 6.45) is 5.53. The lowest BCUT2D eigenvalue weighted by Crippen LogP contribution is -2.51. The molecule has 8 nitrogen and oxygen atoms in total. The molecule has 34 heavy (non-hydrogen) atoms. The summed E-state index contributed by atoms with van der Waals surface area (Å²) in [5, 5.41) is 7.98. The van der Waals surface area contributed by atoms with Crippen molar-refractivity contribution in [3.63, 3.8) is 0 Å². The SMILES string of the molecule is N=C/C=C(\N)c1ccc(CN(CCc2ccc(Cl)cc2)C2CCN(C3=NC(N)NN3)CC2)cc1. The molecule has 1 atom stereocenters. The molecule has 9 heteroatoms. The number of hydrogen-bond donors (Lipinski definition) is 5. The molecule has 180 valence electrons. The van der Waals surface area contributed by atoms with Gasteiger partial charge in [-0.15, -0.1) is 0 Å². The van der Waals surface area contributed by atoms with Gasteiger partial charge in [0.15, 0.2) is 6.29 Å². The Morgan fingerprint density at radius 1 is 1.12 bits per heavy atom. The van der Waals surface area contributed by atoms with Crippen LogP contribution in [0.5, 0.6) is 0 Å². The number of benzene rings is 2. The van der Waals surface area contributed by atoms with Gasteiger partial charge in [0.25, 0.3) is 0 Å². The van der Waals surface area contributed by atoms with Crippen LogP contribution in [-0.2, 0) is 13.0 Å². The van der Waals surface area contributed by atoms with Crippen LogP contribution < -0.4 is 22.3 Å². The number of aliphatic imine (C=N–C) groups is 1. The van der Waals surface area contributed by atoms with E-state index in [-0.39, 0.29) is 6.29 Å². The standard InChI is InChI=1S/C25H33ClN8/c26-21-7-3-18(4-8-21)10-14-34(17-19-1-5-20(6-2-19)23(28)9-13-27)22-11-15-33(16-12-22)25-30-24(29)31-32-25/h1-9,13,22,24,27,31H,10-12,14-17,28-29H2,(H,30,32)/b23-9-,27-13?. The third-order valence-corrected chi connectivity index (χ3v) is 6.66. The molecule has 1 unspecified atom stereocenters. The predicted molar refractivity (Wildman–Crippen MR) is 139 cm³/mol. The van der Waals surface area contributed by atoms with Crippen LogP contribution in [0.15, 0.2) is 59.6 Å². The van der Waals surface area contributed by atoms with Gasteiger partial charge in [-0.05, 0) is 54.2 Å². The number of nitrogens with two attached hydrogens (primary N) is 2. The lowest BCUT2D eigenvalue weighted by molar-refractivity contribution is 0.129. The van der Waals surface area contributed by atoms with E-state index in [2.05, 4.69) is 49.9 Å². The monoisotopic (exact) mass is 480 g/mol. The van der Waals surface area contributed by atoms with Crippen LogP contribution in [0.25, 0.3) is 5.70 Å². The van der Waals surface area contributed by atoms with E-state index in [1.54, 1.807) is 6.08 Å². The number of guanidine groups is 1. The Balaban J connectivity index is 1.43. The van der Waals surface area contributed by atoms with Crippen LogP contribution in [0, 0.1) is 5.41 Å². The molecule has 0 saturated carbocycles. The summed E-state index contributed by atoms with van der Waals surface area (Å²) >= 11 is 6.07. The van der Waals surface area contributed by atoms with Gasteiger partial charge in [0.05, 0.1) is 0 Å². The molecule has 2 aromatic carbocycles. The predicted octanol–water partition coefficient (Wildman–Crippen LogP) is 2.50. The number of nitrogens with zero attached hydrogens (tertiary/aromatic N) is 3. The van der Waals surface area contributed by atoms with Gasteiger partial charge >= 0.3 is 0 Å². The lowest BCUT2D eigenvalue weighted by Gasteiger charge is -2.39. The van der Waals surface area contributed by atoms with Crippen LogP contribution in [0.3, 0.4) is 0 Å². The van der Waals surface area contributed by atoms with E-state index in [1.165, 1.54) is 17.3 Å². The number of hydrogen-bond acceptors (Lipinski definition) is 8. The molecule has 2 aromatic rings. The Labute approximate surface area is 206 Å². The van der Waals surface area contributed by atoms with Crippen molar-refractivity contribution in [3.8, 4) is 0 Å². The van der Waals surface area contributed by atoms with Crippen LogP contribution in [-0.4, -0.2) is 53.9 Å². The Morgan fingerprint density at radius 3 is 2.41 bits per heavy atom. The lowest BCUT2D eigenvalue weighted by atomic mass is 10.0. The van der Waals surface area contributed by atoms with Gasteiger partial charge in [0, 0.05) is 49.2 Å². The van der Waals surface area contributed by atoms with E-state index in [4.69, 9.17) is 28.5 Å². The quantitative estimate of drug-likeness (QED) is 0.370. The zero-order valence-electron chi connectivity index (χ0n) is 19.3. The van der Waals surface area contributed by atoms with Crippen molar-refractivity contribution in [3.05, 3.63) is 76.3 Å². The Bertz CT molecular complexity index is 1010. The Morgan fingerprint density at radius 2 is 1.79 bits per heavy atom. The summed E-state index contributed by atoms with van der Waals surface area (Å²) in [6, 6.07) is 16.9. The zero-order chi connectivity index (χ0) is 23.9. The highest BCUT2D eigenvalue weighted by atomic mass is 35.5. The minimum atomic E-state index is -0.380.